The number of morpholine rings is 1. The summed E-state index contributed by atoms with van der Waals surface area (Å²) in [5.41, 5.74) is -0.486. The fourth-order valence-corrected chi connectivity index (χ4v) is 3.36. The van der Waals surface area contributed by atoms with Crippen LogP contribution in [0.5, 0.6) is 0 Å². The van der Waals surface area contributed by atoms with Gasteiger partial charge in [-0.1, -0.05) is 42.0 Å². The van der Waals surface area contributed by atoms with E-state index in [0.717, 1.165) is 14.8 Å². The van der Waals surface area contributed by atoms with E-state index >= 15 is 0 Å². The van der Waals surface area contributed by atoms with Gasteiger partial charge in [-0.25, -0.2) is 9.18 Å². The highest BCUT2D eigenvalue weighted by molar-refractivity contribution is 5.91. The number of nitrogens with zero attached hydrogens (tertiary/aromatic N) is 4. The zero-order valence-corrected chi connectivity index (χ0v) is 17.0. The molecule has 1 aliphatic rings. The molecule has 0 aliphatic carbocycles. The van der Waals surface area contributed by atoms with Gasteiger partial charge in [-0.2, -0.15) is 9.78 Å². The van der Waals surface area contributed by atoms with Crippen LogP contribution < -0.4 is 11.2 Å². The first kappa shape index (κ1) is 20.7. The summed E-state index contributed by atoms with van der Waals surface area (Å²) in [5, 5.41) is 3.99. The molecule has 160 valence electrons. The second-order valence-electron chi connectivity index (χ2n) is 7.28. The number of para-hydroxylation sites is 1. The Kier molecular flexibility index (Phi) is 5.77. The molecular formula is C22H21FN4O4. The molecule has 3 aromatic rings. The van der Waals surface area contributed by atoms with E-state index in [2.05, 4.69) is 5.10 Å². The second-order valence-corrected chi connectivity index (χ2v) is 7.28. The van der Waals surface area contributed by atoms with Gasteiger partial charge in [-0.05, 0) is 24.6 Å². The molecule has 9 heteroatoms. The van der Waals surface area contributed by atoms with Crippen LogP contribution in [0.15, 0.2) is 58.1 Å². The Morgan fingerprint density at radius 3 is 2.42 bits per heavy atom. The molecule has 2 aromatic carbocycles. The fraction of sp³-hybridized carbons (Fsp3) is 0.273. The lowest BCUT2D eigenvalue weighted by Crippen LogP contribution is -2.49. The van der Waals surface area contributed by atoms with Crippen molar-refractivity contribution >= 4 is 5.91 Å². The predicted molar refractivity (Wildman–Crippen MR) is 111 cm³/mol. The molecule has 31 heavy (non-hydrogen) atoms. The maximum absolute atomic E-state index is 14.4. The lowest BCUT2D eigenvalue weighted by atomic mass is 10.1. The maximum Gasteiger partial charge on any atom is 0.352 e. The standard InChI is InChI=1S/C22H21FN4O4/c1-15-6-8-16(9-7-15)14-26-21(29)19(20(28)25-10-12-31-13-11-25)24-27(22(26)30)18-5-3-2-4-17(18)23/h2-9H,10-14H2,1H3. The molecule has 0 unspecified atom stereocenters. The quantitative estimate of drug-likeness (QED) is 0.631. The van der Waals surface area contributed by atoms with Crippen LogP contribution in [0.4, 0.5) is 4.39 Å². The third-order valence-electron chi connectivity index (χ3n) is 5.10. The van der Waals surface area contributed by atoms with Crippen molar-refractivity contribution in [2.24, 2.45) is 0 Å². The molecule has 8 nitrogen and oxygen atoms in total. The molecule has 1 aliphatic heterocycles. The number of carbonyl (C=O) groups excluding carboxylic acids is 1. The summed E-state index contributed by atoms with van der Waals surface area (Å²) in [7, 11) is 0. The number of aromatic nitrogens is 3. The lowest BCUT2D eigenvalue weighted by Gasteiger charge is -2.26. The van der Waals surface area contributed by atoms with Gasteiger partial charge < -0.3 is 9.64 Å². The third kappa shape index (κ3) is 4.17. The number of rotatable bonds is 4. The third-order valence-corrected chi connectivity index (χ3v) is 5.10. The van der Waals surface area contributed by atoms with Crippen LogP contribution in [0.3, 0.4) is 0 Å². The van der Waals surface area contributed by atoms with Crippen molar-refractivity contribution in [2.45, 2.75) is 13.5 Å². The van der Waals surface area contributed by atoms with E-state index in [9.17, 15) is 18.8 Å². The van der Waals surface area contributed by atoms with Gasteiger partial charge >= 0.3 is 5.69 Å². The smallest absolute Gasteiger partial charge is 0.352 e. The Bertz CT molecular complexity index is 1230. The van der Waals surface area contributed by atoms with Crippen molar-refractivity contribution in [3.05, 3.63) is 92.0 Å². The monoisotopic (exact) mass is 424 g/mol. The van der Waals surface area contributed by atoms with Gasteiger partial charge in [0.15, 0.2) is 0 Å². The molecule has 0 N–H and O–H groups in total. The highest BCUT2D eigenvalue weighted by atomic mass is 19.1. The molecule has 4 rings (SSSR count). The minimum absolute atomic E-state index is 0.0711. The van der Waals surface area contributed by atoms with E-state index in [0.29, 0.717) is 31.9 Å². The highest BCUT2D eigenvalue weighted by Crippen LogP contribution is 2.10. The van der Waals surface area contributed by atoms with Gasteiger partial charge in [0, 0.05) is 13.1 Å². The molecule has 0 atom stereocenters. The van der Waals surface area contributed by atoms with Gasteiger partial charge in [0.2, 0.25) is 5.69 Å². The molecule has 1 fully saturated rings. The van der Waals surface area contributed by atoms with E-state index in [4.69, 9.17) is 4.74 Å². The normalized spacial score (nSPS) is 13.9. The average molecular weight is 424 g/mol. The highest BCUT2D eigenvalue weighted by Gasteiger charge is 2.26. The largest absolute Gasteiger partial charge is 0.378 e. The summed E-state index contributed by atoms with van der Waals surface area (Å²) in [6.07, 6.45) is 0. The molecule has 0 saturated carbocycles. The van der Waals surface area contributed by atoms with E-state index in [-0.39, 0.29) is 12.2 Å². The van der Waals surface area contributed by atoms with Crippen LogP contribution in [0, 0.1) is 12.7 Å². The summed E-state index contributed by atoms with van der Waals surface area (Å²) in [4.78, 5) is 40.7. The number of benzene rings is 2. The average Bonchev–Trinajstić information content (AvgIpc) is 2.79. The van der Waals surface area contributed by atoms with Crippen molar-refractivity contribution in [3.8, 4) is 5.69 Å². The van der Waals surface area contributed by atoms with Crippen molar-refractivity contribution in [2.75, 3.05) is 26.3 Å². The maximum atomic E-state index is 14.4. The van der Waals surface area contributed by atoms with Crippen LogP contribution in [-0.2, 0) is 11.3 Å². The molecule has 2 heterocycles. The first-order valence-corrected chi connectivity index (χ1v) is 9.87. The number of carbonyl (C=O) groups is 1. The van der Waals surface area contributed by atoms with Gasteiger partial charge in [0.05, 0.1) is 19.8 Å². The van der Waals surface area contributed by atoms with Gasteiger partial charge in [0.25, 0.3) is 11.5 Å². The van der Waals surface area contributed by atoms with Crippen LogP contribution in [0.1, 0.15) is 21.6 Å². The SMILES string of the molecule is Cc1ccc(Cn2c(=O)c(C(=O)N3CCOCC3)nn(-c3ccccc3F)c2=O)cc1. The number of hydrogen-bond donors (Lipinski definition) is 0. The van der Waals surface area contributed by atoms with Crippen LogP contribution in [0.2, 0.25) is 0 Å². The summed E-state index contributed by atoms with van der Waals surface area (Å²) in [6.45, 7) is 3.14. The van der Waals surface area contributed by atoms with E-state index in [1.807, 2.05) is 19.1 Å². The van der Waals surface area contributed by atoms with Crippen molar-refractivity contribution < 1.29 is 13.9 Å². The van der Waals surface area contributed by atoms with Crippen LogP contribution >= 0.6 is 0 Å². The van der Waals surface area contributed by atoms with Crippen molar-refractivity contribution in [1.29, 1.82) is 0 Å². The number of ether oxygens (including phenoxy) is 1. The minimum Gasteiger partial charge on any atom is -0.378 e. The minimum atomic E-state index is -0.825. The van der Waals surface area contributed by atoms with Gasteiger partial charge in [-0.15, -0.1) is 0 Å². The molecular weight excluding hydrogens is 403 g/mol. The fourth-order valence-electron chi connectivity index (χ4n) is 3.36. The zero-order valence-electron chi connectivity index (χ0n) is 17.0. The van der Waals surface area contributed by atoms with Gasteiger partial charge in [-0.3, -0.25) is 14.2 Å². The molecule has 1 aromatic heterocycles. The Labute approximate surface area is 177 Å². The molecule has 0 radical (unpaired) electrons. The molecule has 1 amide bonds. The number of halogens is 1. The molecule has 0 bridgehead atoms. The number of amides is 1. The zero-order chi connectivity index (χ0) is 22.0. The van der Waals surface area contributed by atoms with Crippen LogP contribution in [-0.4, -0.2) is 51.5 Å². The first-order valence-electron chi connectivity index (χ1n) is 9.87. The molecule has 0 spiro atoms. The van der Waals surface area contributed by atoms with Crippen molar-refractivity contribution in [1.82, 2.24) is 19.2 Å². The summed E-state index contributed by atoms with van der Waals surface area (Å²) < 4.78 is 21.4. The Balaban J connectivity index is 1.88. The summed E-state index contributed by atoms with van der Waals surface area (Å²) in [6, 6.07) is 12.9. The molecule has 1 saturated heterocycles. The second kappa shape index (κ2) is 8.65. The van der Waals surface area contributed by atoms with Gasteiger partial charge in [0.1, 0.15) is 11.5 Å². The topological polar surface area (TPSA) is 86.4 Å². The first-order chi connectivity index (χ1) is 15.0. The van der Waals surface area contributed by atoms with E-state index < -0.39 is 28.7 Å². The van der Waals surface area contributed by atoms with E-state index in [1.165, 1.54) is 23.1 Å². The van der Waals surface area contributed by atoms with Crippen LogP contribution in [0.25, 0.3) is 5.69 Å². The number of hydrogen-bond acceptors (Lipinski definition) is 5. The number of aryl methyl sites for hydroxylation is 1. The van der Waals surface area contributed by atoms with E-state index in [1.54, 1.807) is 18.2 Å². The Morgan fingerprint density at radius 2 is 1.74 bits per heavy atom. The summed E-state index contributed by atoms with van der Waals surface area (Å²) in [5.74, 6) is -1.31. The predicted octanol–water partition coefficient (Wildman–Crippen LogP) is 1.36. The van der Waals surface area contributed by atoms with Crippen molar-refractivity contribution in [3.63, 3.8) is 0 Å². The Morgan fingerprint density at radius 1 is 1.06 bits per heavy atom. The lowest BCUT2D eigenvalue weighted by molar-refractivity contribution is 0.0295. The Hall–Kier alpha value is -3.59. The summed E-state index contributed by atoms with van der Waals surface area (Å²) >= 11 is 0.